The van der Waals surface area contributed by atoms with E-state index in [1.807, 2.05) is 23.3 Å². The second kappa shape index (κ2) is 4.56. The summed E-state index contributed by atoms with van der Waals surface area (Å²) in [6.45, 7) is 3.79. The largest absolute Gasteiger partial charge is 0.378 e. The van der Waals surface area contributed by atoms with Gasteiger partial charge in [0.2, 0.25) is 0 Å². The van der Waals surface area contributed by atoms with Gasteiger partial charge in [-0.3, -0.25) is 4.68 Å². The number of rotatable bonds is 4. The molecule has 3 aromatic rings. The summed E-state index contributed by atoms with van der Waals surface area (Å²) in [5.41, 5.74) is 3.50. The molecule has 2 N–H and O–H groups in total. The molecular formula is C14H16N4. The molecule has 2 heterocycles. The molecule has 0 fully saturated rings. The molecule has 0 spiro atoms. The van der Waals surface area contributed by atoms with E-state index in [4.69, 9.17) is 0 Å². The van der Waals surface area contributed by atoms with Gasteiger partial charge >= 0.3 is 0 Å². The van der Waals surface area contributed by atoms with Gasteiger partial charge in [0.25, 0.3) is 0 Å². The van der Waals surface area contributed by atoms with Crippen LogP contribution in [0.2, 0.25) is 0 Å². The molecule has 3 rings (SSSR count). The Bertz CT molecular complexity index is 650. The normalized spacial score (nSPS) is 10.9. The Morgan fingerprint density at radius 3 is 3.11 bits per heavy atom. The first-order valence-corrected chi connectivity index (χ1v) is 6.17. The fourth-order valence-corrected chi connectivity index (χ4v) is 2.04. The average Bonchev–Trinajstić information content (AvgIpc) is 3.04. The lowest BCUT2D eigenvalue weighted by molar-refractivity contribution is 0.660. The Hall–Kier alpha value is -2.23. The van der Waals surface area contributed by atoms with Crippen LogP contribution in [0, 0.1) is 0 Å². The third kappa shape index (κ3) is 2.09. The molecule has 2 aromatic heterocycles. The Morgan fingerprint density at radius 1 is 1.33 bits per heavy atom. The summed E-state index contributed by atoms with van der Waals surface area (Å²) >= 11 is 0. The number of H-pyrrole nitrogens is 1. The van der Waals surface area contributed by atoms with E-state index in [1.165, 1.54) is 16.5 Å². The molecule has 0 aliphatic rings. The minimum atomic E-state index is 0.810. The Kier molecular flexibility index (Phi) is 2.76. The van der Waals surface area contributed by atoms with E-state index in [0.717, 1.165) is 18.8 Å². The van der Waals surface area contributed by atoms with E-state index >= 15 is 0 Å². The van der Waals surface area contributed by atoms with Crippen molar-refractivity contribution >= 4 is 16.6 Å². The number of fused-ring (bicyclic) bond motifs is 1. The summed E-state index contributed by atoms with van der Waals surface area (Å²) in [6.07, 6.45) is 5.84. The van der Waals surface area contributed by atoms with Gasteiger partial charge in [-0.15, -0.1) is 0 Å². The van der Waals surface area contributed by atoms with Gasteiger partial charge in [0.1, 0.15) is 0 Å². The first kappa shape index (κ1) is 10.9. The van der Waals surface area contributed by atoms with Gasteiger partial charge in [-0.2, -0.15) is 5.10 Å². The molecule has 0 saturated carbocycles. The topological polar surface area (TPSA) is 45.6 Å². The van der Waals surface area contributed by atoms with Crippen LogP contribution in [-0.2, 0) is 13.1 Å². The van der Waals surface area contributed by atoms with Crippen LogP contribution in [0.4, 0.5) is 5.69 Å². The number of hydrogen-bond acceptors (Lipinski definition) is 2. The highest BCUT2D eigenvalue weighted by molar-refractivity contribution is 5.79. The number of nitrogens with zero attached hydrogens (tertiary/aromatic N) is 2. The number of benzene rings is 1. The van der Waals surface area contributed by atoms with Gasteiger partial charge in [0.15, 0.2) is 0 Å². The van der Waals surface area contributed by atoms with Crippen molar-refractivity contribution in [2.24, 2.45) is 0 Å². The first-order chi connectivity index (χ1) is 8.85. The molecule has 0 amide bonds. The van der Waals surface area contributed by atoms with Crippen LogP contribution >= 0.6 is 0 Å². The minimum absolute atomic E-state index is 0.810. The van der Waals surface area contributed by atoms with Gasteiger partial charge in [0.05, 0.1) is 11.9 Å². The van der Waals surface area contributed by atoms with Crippen LogP contribution in [0.15, 0.2) is 42.9 Å². The Labute approximate surface area is 106 Å². The lowest BCUT2D eigenvalue weighted by Gasteiger charge is -2.03. The third-order valence-electron chi connectivity index (χ3n) is 3.07. The SMILES string of the molecule is CCn1cc(NCc2ccc3cc[nH]c3c2)cn1. The number of nitrogens with one attached hydrogen (secondary N) is 2. The second-order valence-electron chi connectivity index (χ2n) is 4.34. The predicted octanol–water partition coefficient (Wildman–Crippen LogP) is 3.00. The van der Waals surface area contributed by atoms with Gasteiger partial charge in [-0.05, 0) is 30.0 Å². The van der Waals surface area contributed by atoms with E-state index in [1.54, 1.807) is 0 Å². The number of hydrogen-bond donors (Lipinski definition) is 2. The number of aromatic amines is 1. The lowest BCUT2D eigenvalue weighted by atomic mass is 10.1. The summed E-state index contributed by atoms with van der Waals surface area (Å²) in [6, 6.07) is 8.54. The fraction of sp³-hybridized carbons (Fsp3) is 0.214. The van der Waals surface area contributed by atoms with E-state index < -0.39 is 0 Å². The van der Waals surface area contributed by atoms with Crippen LogP contribution in [0.3, 0.4) is 0 Å². The zero-order valence-corrected chi connectivity index (χ0v) is 10.4. The van der Waals surface area contributed by atoms with Crippen molar-refractivity contribution in [1.82, 2.24) is 14.8 Å². The molecule has 4 heteroatoms. The van der Waals surface area contributed by atoms with Crippen molar-refractivity contribution in [3.05, 3.63) is 48.4 Å². The molecule has 0 radical (unpaired) electrons. The maximum Gasteiger partial charge on any atom is 0.0729 e. The molecule has 0 aliphatic heterocycles. The summed E-state index contributed by atoms with van der Waals surface area (Å²) < 4.78 is 1.91. The predicted molar refractivity (Wildman–Crippen MR) is 73.5 cm³/mol. The number of aromatic nitrogens is 3. The molecular weight excluding hydrogens is 224 g/mol. The zero-order valence-electron chi connectivity index (χ0n) is 10.4. The molecule has 0 saturated heterocycles. The van der Waals surface area contributed by atoms with Crippen LogP contribution in [0.5, 0.6) is 0 Å². The van der Waals surface area contributed by atoms with E-state index in [-0.39, 0.29) is 0 Å². The molecule has 0 atom stereocenters. The number of anilines is 1. The van der Waals surface area contributed by atoms with E-state index in [2.05, 4.69) is 46.6 Å². The first-order valence-electron chi connectivity index (χ1n) is 6.17. The van der Waals surface area contributed by atoms with Crippen molar-refractivity contribution in [2.45, 2.75) is 20.0 Å². The van der Waals surface area contributed by atoms with Gasteiger partial charge in [0, 0.05) is 31.0 Å². The third-order valence-corrected chi connectivity index (χ3v) is 3.07. The Morgan fingerprint density at radius 2 is 2.28 bits per heavy atom. The van der Waals surface area contributed by atoms with Crippen molar-refractivity contribution in [1.29, 1.82) is 0 Å². The minimum Gasteiger partial charge on any atom is -0.378 e. The lowest BCUT2D eigenvalue weighted by Crippen LogP contribution is -1.98. The molecule has 0 bridgehead atoms. The second-order valence-corrected chi connectivity index (χ2v) is 4.34. The molecule has 0 unspecified atom stereocenters. The van der Waals surface area contributed by atoms with E-state index in [0.29, 0.717) is 0 Å². The highest BCUT2D eigenvalue weighted by atomic mass is 15.3. The fourth-order valence-electron chi connectivity index (χ4n) is 2.04. The van der Waals surface area contributed by atoms with Crippen LogP contribution < -0.4 is 5.32 Å². The molecule has 92 valence electrons. The Balaban J connectivity index is 1.72. The van der Waals surface area contributed by atoms with Crippen LogP contribution in [0.1, 0.15) is 12.5 Å². The molecule has 18 heavy (non-hydrogen) atoms. The monoisotopic (exact) mass is 240 g/mol. The summed E-state index contributed by atoms with van der Waals surface area (Å²) in [5, 5.41) is 8.86. The van der Waals surface area contributed by atoms with E-state index in [9.17, 15) is 0 Å². The molecule has 1 aromatic carbocycles. The summed E-state index contributed by atoms with van der Waals surface area (Å²) in [7, 11) is 0. The summed E-state index contributed by atoms with van der Waals surface area (Å²) in [4.78, 5) is 3.23. The van der Waals surface area contributed by atoms with Gasteiger partial charge in [-0.1, -0.05) is 12.1 Å². The van der Waals surface area contributed by atoms with Crippen molar-refractivity contribution in [3.63, 3.8) is 0 Å². The maximum absolute atomic E-state index is 4.24. The van der Waals surface area contributed by atoms with Crippen LogP contribution in [0.25, 0.3) is 10.9 Å². The van der Waals surface area contributed by atoms with Gasteiger partial charge in [-0.25, -0.2) is 0 Å². The highest BCUT2D eigenvalue weighted by Crippen LogP contribution is 2.15. The van der Waals surface area contributed by atoms with Crippen molar-refractivity contribution in [2.75, 3.05) is 5.32 Å². The van der Waals surface area contributed by atoms with Crippen LogP contribution in [-0.4, -0.2) is 14.8 Å². The number of aryl methyl sites for hydroxylation is 1. The zero-order chi connectivity index (χ0) is 12.4. The molecule has 4 nitrogen and oxygen atoms in total. The average molecular weight is 240 g/mol. The molecule has 0 aliphatic carbocycles. The highest BCUT2D eigenvalue weighted by Gasteiger charge is 1.99. The quantitative estimate of drug-likeness (QED) is 0.736. The van der Waals surface area contributed by atoms with Crippen molar-refractivity contribution < 1.29 is 0 Å². The van der Waals surface area contributed by atoms with Gasteiger partial charge < -0.3 is 10.3 Å². The summed E-state index contributed by atoms with van der Waals surface area (Å²) in [5.74, 6) is 0. The smallest absolute Gasteiger partial charge is 0.0729 e. The van der Waals surface area contributed by atoms with Crippen molar-refractivity contribution in [3.8, 4) is 0 Å². The standard InChI is InChI=1S/C14H16N4/c1-2-18-10-13(9-17-18)16-8-11-3-4-12-5-6-15-14(12)7-11/h3-7,9-10,15-16H,2,8H2,1H3. The maximum atomic E-state index is 4.24.